The van der Waals surface area contributed by atoms with E-state index in [4.69, 9.17) is 5.73 Å². The topological polar surface area (TPSA) is 29.3 Å². The van der Waals surface area contributed by atoms with E-state index in [1.54, 1.807) is 11.3 Å². The summed E-state index contributed by atoms with van der Waals surface area (Å²) in [5, 5.41) is 0. The molecular weight excluding hydrogens is 388 g/mol. The summed E-state index contributed by atoms with van der Waals surface area (Å²) in [7, 11) is 0. The van der Waals surface area contributed by atoms with E-state index >= 15 is 0 Å². The Hall–Kier alpha value is 0.580. The Morgan fingerprint density at radius 3 is 2.58 bits per heavy atom. The molecule has 2 N–H and O–H groups in total. The summed E-state index contributed by atoms with van der Waals surface area (Å²) in [6.45, 7) is 5.38. The molecule has 0 aromatic carbocycles. The van der Waals surface area contributed by atoms with Crippen LogP contribution in [0.5, 0.6) is 0 Å². The predicted octanol–water partition coefficient (Wildman–Crippen LogP) is 4.79. The van der Waals surface area contributed by atoms with Gasteiger partial charge in [0.2, 0.25) is 0 Å². The molecule has 1 unspecified atom stereocenters. The maximum Gasteiger partial charge on any atom is 0.0843 e. The first-order valence-corrected chi connectivity index (χ1v) is 9.44. The van der Waals surface area contributed by atoms with E-state index in [2.05, 4.69) is 49.7 Å². The number of hydrogen-bond donors (Lipinski definition) is 1. The highest BCUT2D eigenvalue weighted by molar-refractivity contribution is 9.13. The molecule has 108 valence electrons. The summed E-state index contributed by atoms with van der Waals surface area (Å²) in [5.41, 5.74) is 6.02. The van der Waals surface area contributed by atoms with Crippen LogP contribution in [0.3, 0.4) is 0 Å². The van der Waals surface area contributed by atoms with Crippen molar-refractivity contribution in [3.8, 4) is 0 Å². The second-order valence-corrected chi connectivity index (χ2v) is 8.55. The highest BCUT2D eigenvalue weighted by Crippen LogP contribution is 2.38. The van der Waals surface area contributed by atoms with Crippen LogP contribution in [0.25, 0.3) is 0 Å². The van der Waals surface area contributed by atoms with Gasteiger partial charge in [0.25, 0.3) is 0 Å². The van der Waals surface area contributed by atoms with E-state index in [9.17, 15) is 0 Å². The Bertz CT molecular complexity index is 381. The van der Waals surface area contributed by atoms with Crippen molar-refractivity contribution in [3.05, 3.63) is 19.2 Å². The third-order valence-electron chi connectivity index (χ3n) is 4.00. The van der Waals surface area contributed by atoms with Crippen molar-refractivity contribution >= 4 is 43.2 Å². The van der Waals surface area contributed by atoms with Crippen molar-refractivity contribution in [3.63, 3.8) is 0 Å². The largest absolute Gasteiger partial charge is 0.329 e. The fourth-order valence-corrected chi connectivity index (χ4v) is 5.17. The van der Waals surface area contributed by atoms with E-state index in [1.165, 1.54) is 47.4 Å². The number of nitrogens with zero attached hydrogens (tertiary/aromatic N) is 1. The number of halogens is 2. The van der Waals surface area contributed by atoms with Gasteiger partial charge in [0.1, 0.15) is 0 Å². The monoisotopic (exact) mass is 408 g/mol. The van der Waals surface area contributed by atoms with Gasteiger partial charge in [-0.15, -0.1) is 11.3 Å². The number of likely N-dealkylation sites (tertiary alicyclic amines) is 1. The Morgan fingerprint density at radius 1 is 1.42 bits per heavy atom. The summed E-state index contributed by atoms with van der Waals surface area (Å²) in [4.78, 5) is 3.94. The molecule has 1 aliphatic rings. The van der Waals surface area contributed by atoms with E-state index < -0.39 is 0 Å². The number of piperidine rings is 1. The van der Waals surface area contributed by atoms with Crippen LogP contribution in [0, 0.1) is 5.92 Å². The molecule has 1 saturated heterocycles. The van der Waals surface area contributed by atoms with Gasteiger partial charge in [-0.2, -0.15) is 0 Å². The smallest absolute Gasteiger partial charge is 0.0843 e. The van der Waals surface area contributed by atoms with E-state index in [1.807, 2.05) is 0 Å². The Morgan fingerprint density at radius 2 is 2.11 bits per heavy atom. The van der Waals surface area contributed by atoms with Crippen LogP contribution < -0.4 is 5.73 Å². The van der Waals surface area contributed by atoms with Crippen molar-refractivity contribution in [1.82, 2.24) is 4.90 Å². The number of thiophene rings is 1. The molecule has 0 amide bonds. The normalized spacial score (nSPS) is 19.8. The molecule has 0 aliphatic carbocycles. The fraction of sp³-hybridized carbons (Fsp3) is 0.714. The van der Waals surface area contributed by atoms with Gasteiger partial charge in [0.05, 0.1) is 9.83 Å². The van der Waals surface area contributed by atoms with Gasteiger partial charge >= 0.3 is 0 Å². The Kier molecular flexibility index (Phi) is 6.34. The molecule has 1 atom stereocenters. The quantitative estimate of drug-likeness (QED) is 0.757. The van der Waals surface area contributed by atoms with Gasteiger partial charge in [0.15, 0.2) is 0 Å². The lowest BCUT2D eigenvalue weighted by molar-refractivity contribution is 0.133. The van der Waals surface area contributed by atoms with E-state index in [0.29, 0.717) is 12.6 Å². The van der Waals surface area contributed by atoms with Crippen LogP contribution in [0.4, 0.5) is 0 Å². The van der Waals surface area contributed by atoms with Gasteiger partial charge < -0.3 is 5.73 Å². The highest BCUT2D eigenvalue weighted by atomic mass is 79.9. The number of nitrogens with two attached hydrogens (primary N) is 1. The van der Waals surface area contributed by atoms with E-state index in [-0.39, 0.29) is 0 Å². The van der Waals surface area contributed by atoms with Crippen LogP contribution in [-0.2, 0) is 0 Å². The van der Waals surface area contributed by atoms with Gasteiger partial charge in [-0.05, 0) is 69.8 Å². The van der Waals surface area contributed by atoms with Crippen molar-refractivity contribution in [2.24, 2.45) is 11.7 Å². The molecule has 1 fully saturated rings. The summed E-state index contributed by atoms with van der Waals surface area (Å²) in [5.74, 6) is 0.932. The van der Waals surface area contributed by atoms with Crippen LogP contribution >= 0.6 is 43.2 Å². The van der Waals surface area contributed by atoms with Crippen LogP contribution in [0.15, 0.2) is 14.3 Å². The lowest BCUT2D eigenvalue weighted by Crippen LogP contribution is -2.39. The van der Waals surface area contributed by atoms with E-state index in [0.717, 1.165) is 10.4 Å². The molecule has 1 aromatic rings. The van der Waals surface area contributed by atoms with Gasteiger partial charge in [-0.3, -0.25) is 4.90 Å². The van der Waals surface area contributed by atoms with Crippen molar-refractivity contribution in [1.29, 1.82) is 0 Å². The second kappa shape index (κ2) is 7.55. The standard InChI is InChI=1S/C14H22Br2N2S/c1-2-3-10-4-6-18(7-5-10)12(9-17)13-8-11(15)14(16)19-13/h8,10,12H,2-7,9,17H2,1H3. The molecule has 0 radical (unpaired) electrons. The van der Waals surface area contributed by atoms with Gasteiger partial charge in [-0.25, -0.2) is 0 Å². The summed E-state index contributed by atoms with van der Waals surface area (Å²) in [6, 6.07) is 2.60. The average Bonchev–Trinajstić information content (AvgIpc) is 2.73. The molecule has 5 heteroatoms. The lowest BCUT2D eigenvalue weighted by atomic mass is 9.91. The first kappa shape index (κ1) is 16.0. The highest BCUT2D eigenvalue weighted by Gasteiger charge is 2.26. The molecule has 2 heterocycles. The average molecular weight is 410 g/mol. The number of hydrogen-bond acceptors (Lipinski definition) is 3. The van der Waals surface area contributed by atoms with Crippen molar-refractivity contribution in [2.75, 3.05) is 19.6 Å². The molecule has 0 saturated carbocycles. The van der Waals surface area contributed by atoms with Gasteiger partial charge in [-0.1, -0.05) is 19.8 Å². The lowest BCUT2D eigenvalue weighted by Gasteiger charge is -2.36. The molecule has 1 aliphatic heterocycles. The molecule has 0 bridgehead atoms. The first-order valence-electron chi connectivity index (χ1n) is 7.04. The minimum Gasteiger partial charge on any atom is -0.329 e. The molecule has 2 rings (SSSR count). The maximum atomic E-state index is 6.02. The minimum atomic E-state index is 0.384. The van der Waals surface area contributed by atoms with Crippen LogP contribution in [0.2, 0.25) is 0 Å². The zero-order chi connectivity index (χ0) is 13.8. The van der Waals surface area contributed by atoms with Crippen molar-refractivity contribution < 1.29 is 0 Å². The summed E-state index contributed by atoms with van der Waals surface area (Å²) < 4.78 is 2.31. The molecule has 1 aromatic heterocycles. The van der Waals surface area contributed by atoms with Gasteiger partial charge in [0, 0.05) is 15.9 Å². The Balaban J connectivity index is 1.99. The molecule has 0 spiro atoms. The molecule has 19 heavy (non-hydrogen) atoms. The third-order valence-corrected chi connectivity index (χ3v) is 7.36. The number of rotatable bonds is 5. The zero-order valence-electron chi connectivity index (χ0n) is 11.4. The van der Waals surface area contributed by atoms with Crippen molar-refractivity contribution in [2.45, 2.75) is 38.6 Å². The first-order chi connectivity index (χ1) is 9.15. The molecule has 2 nitrogen and oxygen atoms in total. The second-order valence-electron chi connectivity index (χ2n) is 5.29. The predicted molar refractivity (Wildman–Crippen MR) is 90.7 cm³/mol. The zero-order valence-corrected chi connectivity index (χ0v) is 15.4. The SMILES string of the molecule is CCCC1CCN(C(CN)c2cc(Br)c(Br)s2)CC1. The van der Waals surface area contributed by atoms with Crippen LogP contribution in [0.1, 0.15) is 43.5 Å². The minimum absolute atomic E-state index is 0.384. The maximum absolute atomic E-state index is 6.02. The molecular formula is C14H22Br2N2S. The summed E-state index contributed by atoms with van der Waals surface area (Å²) >= 11 is 8.95. The fourth-order valence-electron chi connectivity index (χ4n) is 2.93. The Labute approximate surface area is 137 Å². The third kappa shape index (κ3) is 4.03. The van der Waals surface area contributed by atoms with Crippen LogP contribution in [-0.4, -0.2) is 24.5 Å². The summed E-state index contributed by atoms with van der Waals surface area (Å²) in [6.07, 6.45) is 5.36.